The standard InChI is InChI=1S/C29H19ClN4O2/c30-20-11-13-21(14-12-20)35-16-24-32-28-27-25(19-7-2-1-3-8-19)26-22-9-5-4-6-18(22)10-15-23(26)36-29(27)31-17-34(28)33-24/h1-15,17,25H,16H2/t25-/m0/s1. The van der Waals surface area contributed by atoms with Gasteiger partial charge in [0.1, 0.15) is 24.4 Å². The van der Waals surface area contributed by atoms with Crippen molar-refractivity contribution in [2.24, 2.45) is 0 Å². The van der Waals surface area contributed by atoms with Gasteiger partial charge in [-0.05, 0) is 46.7 Å². The van der Waals surface area contributed by atoms with E-state index in [0.717, 1.165) is 33.2 Å². The molecular weight excluding hydrogens is 472 g/mol. The number of rotatable bonds is 4. The molecule has 1 aliphatic rings. The van der Waals surface area contributed by atoms with Crippen LogP contribution in [0.3, 0.4) is 0 Å². The van der Waals surface area contributed by atoms with Crippen LogP contribution in [0.5, 0.6) is 17.4 Å². The van der Waals surface area contributed by atoms with E-state index in [9.17, 15) is 0 Å². The van der Waals surface area contributed by atoms with Gasteiger partial charge in [-0.25, -0.2) is 14.5 Å². The highest BCUT2D eigenvalue weighted by Crippen LogP contribution is 2.50. The van der Waals surface area contributed by atoms with Crippen molar-refractivity contribution in [1.29, 1.82) is 0 Å². The summed E-state index contributed by atoms with van der Waals surface area (Å²) in [6.45, 7) is 0.217. The number of benzene rings is 4. The molecule has 0 bridgehead atoms. The van der Waals surface area contributed by atoms with Crippen LogP contribution in [0, 0.1) is 0 Å². The van der Waals surface area contributed by atoms with Gasteiger partial charge in [-0.1, -0.05) is 72.3 Å². The zero-order chi connectivity index (χ0) is 24.1. The highest BCUT2D eigenvalue weighted by atomic mass is 35.5. The Labute approximate surface area is 211 Å². The fourth-order valence-electron chi connectivity index (χ4n) is 4.87. The van der Waals surface area contributed by atoms with Crippen LogP contribution in [-0.2, 0) is 6.61 Å². The minimum absolute atomic E-state index is 0.124. The average molecular weight is 491 g/mol. The van der Waals surface area contributed by atoms with Gasteiger partial charge >= 0.3 is 0 Å². The number of halogens is 1. The second kappa shape index (κ2) is 8.36. The van der Waals surface area contributed by atoms with Crippen molar-refractivity contribution >= 4 is 28.0 Å². The van der Waals surface area contributed by atoms with Crippen LogP contribution in [0.25, 0.3) is 16.4 Å². The summed E-state index contributed by atoms with van der Waals surface area (Å²) in [5, 5.41) is 7.59. The third-order valence-corrected chi connectivity index (χ3v) is 6.71. The molecule has 3 heterocycles. The van der Waals surface area contributed by atoms with E-state index in [1.54, 1.807) is 23.0 Å². The molecule has 6 aromatic rings. The molecule has 0 radical (unpaired) electrons. The first kappa shape index (κ1) is 20.9. The molecule has 0 unspecified atom stereocenters. The van der Waals surface area contributed by atoms with Gasteiger partial charge in [-0.2, -0.15) is 0 Å². The van der Waals surface area contributed by atoms with Gasteiger partial charge < -0.3 is 9.47 Å². The number of aromatic nitrogens is 4. The largest absolute Gasteiger partial charge is 0.486 e. The fourth-order valence-corrected chi connectivity index (χ4v) is 4.99. The Morgan fingerprint density at radius 3 is 2.53 bits per heavy atom. The van der Waals surface area contributed by atoms with Crippen LogP contribution in [0.4, 0.5) is 0 Å². The Bertz CT molecular complexity index is 1730. The first-order valence-corrected chi connectivity index (χ1v) is 12.0. The van der Waals surface area contributed by atoms with Crippen LogP contribution in [-0.4, -0.2) is 19.6 Å². The van der Waals surface area contributed by atoms with Crippen LogP contribution in [0.2, 0.25) is 5.02 Å². The Kier molecular flexibility index (Phi) is 4.85. The molecule has 7 rings (SSSR count). The molecule has 0 saturated heterocycles. The zero-order valence-corrected chi connectivity index (χ0v) is 19.8. The fraction of sp³-hybridized carbons (Fsp3) is 0.0690. The SMILES string of the molecule is Clc1ccc(OCc2nc3c4c(ncn3n2)Oc2ccc3ccccc3c2[C@@H]4c2ccccc2)cc1. The van der Waals surface area contributed by atoms with Crippen molar-refractivity contribution < 1.29 is 9.47 Å². The minimum Gasteiger partial charge on any atom is -0.486 e. The molecule has 174 valence electrons. The quantitative estimate of drug-likeness (QED) is 0.271. The van der Waals surface area contributed by atoms with Gasteiger partial charge in [0, 0.05) is 16.5 Å². The van der Waals surface area contributed by atoms with E-state index in [2.05, 4.69) is 64.7 Å². The third-order valence-electron chi connectivity index (χ3n) is 6.46. The summed E-state index contributed by atoms with van der Waals surface area (Å²) < 4.78 is 14.0. The molecule has 1 aliphatic heterocycles. The predicted molar refractivity (Wildman–Crippen MR) is 138 cm³/mol. The first-order valence-electron chi connectivity index (χ1n) is 11.6. The lowest BCUT2D eigenvalue weighted by Gasteiger charge is -2.29. The molecule has 0 aliphatic carbocycles. The lowest BCUT2D eigenvalue weighted by Crippen LogP contribution is -2.15. The van der Waals surface area contributed by atoms with Gasteiger partial charge in [-0.15, -0.1) is 5.10 Å². The molecule has 36 heavy (non-hydrogen) atoms. The van der Waals surface area contributed by atoms with E-state index in [1.165, 1.54) is 0 Å². The normalized spacial score (nSPS) is 14.3. The Morgan fingerprint density at radius 2 is 1.67 bits per heavy atom. The Balaban J connectivity index is 1.39. The minimum atomic E-state index is -0.124. The maximum atomic E-state index is 6.36. The van der Waals surface area contributed by atoms with Gasteiger partial charge in [0.25, 0.3) is 0 Å². The summed E-state index contributed by atoms with van der Waals surface area (Å²) >= 11 is 5.98. The number of hydrogen-bond donors (Lipinski definition) is 0. The molecule has 0 N–H and O–H groups in total. The van der Waals surface area contributed by atoms with Crippen LogP contribution >= 0.6 is 11.6 Å². The molecule has 7 heteroatoms. The highest BCUT2D eigenvalue weighted by molar-refractivity contribution is 6.30. The molecule has 0 amide bonds. The van der Waals surface area contributed by atoms with Crippen molar-refractivity contribution in [3.05, 3.63) is 125 Å². The van der Waals surface area contributed by atoms with E-state index in [1.807, 2.05) is 24.3 Å². The maximum absolute atomic E-state index is 6.36. The van der Waals surface area contributed by atoms with Crippen LogP contribution < -0.4 is 9.47 Å². The van der Waals surface area contributed by atoms with Crippen molar-refractivity contribution in [2.75, 3.05) is 0 Å². The molecule has 0 fully saturated rings. The molecule has 6 nitrogen and oxygen atoms in total. The van der Waals surface area contributed by atoms with Gasteiger partial charge in [0.2, 0.25) is 5.88 Å². The van der Waals surface area contributed by atoms with Crippen molar-refractivity contribution in [3.63, 3.8) is 0 Å². The summed E-state index contributed by atoms with van der Waals surface area (Å²) in [5.74, 6) is 2.47. The number of fused-ring (bicyclic) bond motifs is 6. The van der Waals surface area contributed by atoms with Gasteiger partial charge in [0.05, 0.1) is 5.56 Å². The molecular formula is C29H19ClN4O2. The van der Waals surface area contributed by atoms with E-state index < -0.39 is 0 Å². The summed E-state index contributed by atoms with van der Waals surface area (Å²) in [5.41, 5.74) is 3.82. The summed E-state index contributed by atoms with van der Waals surface area (Å²) in [6, 6.07) is 30.1. The second-order valence-corrected chi connectivity index (χ2v) is 9.08. The van der Waals surface area contributed by atoms with Gasteiger partial charge in [0.15, 0.2) is 11.5 Å². The van der Waals surface area contributed by atoms with E-state index >= 15 is 0 Å². The van der Waals surface area contributed by atoms with Gasteiger partial charge in [-0.3, -0.25) is 0 Å². The van der Waals surface area contributed by atoms with Crippen LogP contribution in [0.1, 0.15) is 28.4 Å². The smallest absolute Gasteiger partial charge is 0.228 e. The lowest BCUT2D eigenvalue weighted by atomic mass is 9.81. The van der Waals surface area contributed by atoms with Crippen molar-refractivity contribution in [3.8, 4) is 17.4 Å². The molecule has 4 aromatic carbocycles. The Hall–Kier alpha value is -4.42. The summed E-state index contributed by atoms with van der Waals surface area (Å²) in [7, 11) is 0. The van der Waals surface area contributed by atoms with Crippen LogP contribution in [0.15, 0.2) is 97.3 Å². The molecule has 1 atom stereocenters. The topological polar surface area (TPSA) is 61.5 Å². The molecule has 0 saturated carbocycles. The van der Waals surface area contributed by atoms with Crippen molar-refractivity contribution in [2.45, 2.75) is 12.5 Å². The Morgan fingerprint density at radius 1 is 0.861 bits per heavy atom. The monoisotopic (exact) mass is 490 g/mol. The summed E-state index contributed by atoms with van der Waals surface area (Å²) in [6.07, 6.45) is 1.64. The maximum Gasteiger partial charge on any atom is 0.228 e. The second-order valence-electron chi connectivity index (χ2n) is 8.65. The van der Waals surface area contributed by atoms with E-state index in [0.29, 0.717) is 28.1 Å². The molecule has 2 aromatic heterocycles. The average Bonchev–Trinajstić information content (AvgIpc) is 3.35. The number of nitrogens with zero attached hydrogens (tertiary/aromatic N) is 4. The van der Waals surface area contributed by atoms with E-state index in [4.69, 9.17) is 26.1 Å². The summed E-state index contributed by atoms with van der Waals surface area (Å²) in [4.78, 5) is 9.49. The number of hydrogen-bond acceptors (Lipinski definition) is 5. The zero-order valence-electron chi connectivity index (χ0n) is 19.0. The number of ether oxygens (including phenoxy) is 2. The highest BCUT2D eigenvalue weighted by Gasteiger charge is 2.34. The third kappa shape index (κ3) is 3.46. The molecule has 0 spiro atoms. The van der Waals surface area contributed by atoms with E-state index in [-0.39, 0.29) is 12.5 Å². The predicted octanol–water partition coefficient (Wildman–Crippen LogP) is 6.80. The lowest BCUT2D eigenvalue weighted by molar-refractivity contribution is 0.296. The van der Waals surface area contributed by atoms with Crippen molar-refractivity contribution in [1.82, 2.24) is 19.6 Å². The first-order chi connectivity index (χ1) is 17.7.